The summed E-state index contributed by atoms with van der Waals surface area (Å²) in [6, 6.07) is 0. The van der Waals surface area contributed by atoms with E-state index in [1.165, 1.54) is 43.5 Å². The molecule has 0 heterocycles. The van der Waals surface area contributed by atoms with Gasteiger partial charge in [-0.1, -0.05) is 11.4 Å². The van der Waals surface area contributed by atoms with Crippen LogP contribution in [0.15, 0.2) is 0 Å². The van der Waals surface area contributed by atoms with Crippen LogP contribution in [-0.4, -0.2) is 9.64 Å². The molecule has 0 aliphatic heterocycles. The third-order valence-corrected chi connectivity index (χ3v) is 6.84. The lowest BCUT2D eigenvalue weighted by atomic mass is 10.0. The van der Waals surface area contributed by atoms with E-state index in [0.29, 0.717) is 0 Å². The minimum Gasteiger partial charge on any atom is -0.346 e. The zero-order valence-electron chi connectivity index (χ0n) is 6.90. The van der Waals surface area contributed by atoms with Crippen LogP contribution in [0, 0.1) is 5.92 Å². The fraction of sp³-hybridized carbons (Fsp3) is 1.00. The quantitative estimate of drug-likeness (QED) is 0.705. The zero-order valence-corrected chi connectivity index (χ0v) is 9.43. The molecule has 1 atom stereocenters. The Hall–Kier alpha value is 0.920. The van der Waals surface area contributed by atoms with Crippen molar-refractivity contribution in [3.63, 3.8) is 0 Å². The predicted molar refractivity (Wildman–Crippen MR) is 57.6 cm³/mol. The van der Waals surface area contributed by atoms with E-state index in [1.807, 2.05) is 0 Å². The Balaban J connectivity index is 2.08. The van der Waals surface area contributed by atoms with Crippen molar-refractivity contribution in [1.82, 2.24) is 0 Å². The van der Waals surface area contributed by atoms with E-state index >= 15 is 0 Å². The van der Waals surface area contributed by atoms with Gasteiger partial charge in [-0.15, -0.1) is 0 Å². The van der Waals surface area contributed by atoms with E-state index in [4.69, 9.17) is 17.3 Å². The standard InChI is InChI=1S/C7H14NOPS2/c8-10(9,11)12-7-3-1-6(5-7)2-4-7/h6H,1-5H2,(H3,8,9,11). The molecular weight excluding hydrogens is 209 g/mol. The second-order valence-electron chi connectivity index (χ2n) is 3.99. The van der Waals surface area contributed by atoms with Gasteiger partial charge in [0.15, 0.2) is 5.62 Å². The first-order valence-electron chi connectivity index (χ1n) is 4.31. The first-order chi connectivity index (χ1) is 5.49. The third-order valence-electron chi connectivity index (χ3n) is 3.00. The summed E-state index contributed by atoms with van der Waals surface area (Å²) in [5, 5.41) is 0. The Morgan fingerprint density at radius 2 is 2.08 bits per heavy atom. The van der Waals surface area contributed by atoms with Crippen LogP contribution in [0.2, 0.25) is 0 Å². The number of nitrogens with two attached hydrogens (primary N) is 1. The first kappa shape index (κ1) is 9.47. The monoisotopic (exact) mass is 223 g/mol. The van der Waals surface area contributed by atoms with Crippen molar-refractivity contribution in [1.29, 1.82) is 0 Å². The van der Waals surface area contributed by atoms with E-state index in [1.54, 1.807) is 0 Å². The van der Waals surface area contributed by atoms with Crippen molar-refractivity contribution >= 4 is 28.8 Å². The van der Waals surface area contributed by atoms with Crippen LogP contribution in [0.25, 0.3) is 0 Å². The fourth-order valence-electron chi connectivity index (χ4n) is 2.54. The molecule has 0 radical (unpaired) electrons. The molecule has 0 spiro atoms. The number of fused-ring (bicyclic) bond motifs is 2. The number of rotatable bonds is 2. The van der Waals surface area contributed by atoms with Crippen molar-refractivity contribution in [3.8, 4) is 0 Å². The Morgan fingerprint density at radius 1 is 1.50 bits per heavy atom. The minimum absolute atomic E-state index is 0.281. The van der Waals surface area contributed by atoms with Gasteiger partial charge >= 0.3 is 0 Å². The molecule has 2 aliphatic carbocycles. The molecule has 2 fully saturated rings. The summed E-state index contributed by atoms with van der Waals surface area (Å²) in [5.41, 5.74) is 3.02. The molecule has 1 unspecified atom stereocenters. The van der Waals surface area contributed by atoms with Gasteiger partial charge in [-0.2, -0.15) is 0 Å². The molecule has 3 N–H and O–H groups in total. The van der Waals surface area contributed by atoms with Gasteiger partial charge < -0.3 is 4.89 Å². The van der Waals surface area contributed by atoms with Crippen molar-refractivity contribution < 1.29 is 4.89 Å². The molecule has 12 heavy (non-hydrogen) atoms. The maximum absolute atomic E-state index is 9.46. The molecule has 70 valence electrons. The molecule has 0 aromatic rings. The van der Waals surface area contributed by atoms with Crippen molar-refractivity contribution in [2.75, 3.05) is 0 Å². The smallest absolute Gasteiger partial charge is 0.181 e. The molecule has 2 nitrogen and oxygen atoms in total. The van der Waals surface area contributed by atoms with Crippen LogP contribution in [0.5, 0.6) is 0 Å². The predicted octanol–water partition coefficient (Wildman–Crippen LogP) is 2.23. The summed E-state index contributed by atoms with van der Waals surface area (Å²) in [5.74, 6) is 0.902. The minimum atomic E-state index is -2.52. The molecule has 2 saturated carbocycles. The van der Waals surface area contributed by atoms with Gasteiger partial charge in [-0.3, -0.25) is 5.50 Å². The number of hydrogen-bond acceptors (Lipinski definition) is 2. The summed E-state index contributed by atoms with van der Waals surface area (Å²) in [7, 11) is 0. The number of hydrogen-bond donors (Lipinski definition) is 2. The van der Waals surface area contributed by atoms with Crippen LogP contribution in [-0.2, 0) is 11.8 Å². The Kier molecular flexibility index (Phi) is 2.34. The van der Waals surface area contributed by atoms with Crippen molar-refractivity contribution in [2.45, 2.75) is 36.9 Å². The maximum atomic E-state index is 9.46. The molecular formula is C7H14NOPS2. The highest BCUT2D eigenvalue weighted by Crippen LogP contribution is 2.65. The second-order valence-corrected chi connectivity index (χ2v) is 10.7. The summed E-state index contributed by atoms with van der Waals surface area (Å²) in [6.07, 6.45) is 6.33. The van der Waals surface area contributed by atoms with Gasteiger partial charge in [0.2, 0.25) is 0 Å². The van der Waals surface area contributed by atoms with Crippen LogP contribution in [0.4, 0.5) is 0 Å². The molecule has 0 amide bonds. The average molecular weight is 223 g/mol. The van der Waals surface area contributed by atoms with Crippen LogP contribution >= 0.6 is 17.0 Å². The van der Waals surface area contributed by atoms with Gasteiger partial charge in [-0.05, 0) is 49.8 Å². The van der Waals surface area contributed by atoms with E-state index in [2.05, 4.69) is 0 Å². The zero-order chi connectivity index (χ0) is 8.82. The Labute approximate surface area is 82.2 Å². The normalized spacial score (nSPS) is 44.7. The fourth-order valence-corrected chi connectivity index (χ4v) is 7.69. The first-order valence-corrected chi connectivity index (χ1v) is 8.56. The van der Waals surface area contributed by atoms with E-state index in [9.17, 15) is 4.89 Å². The van der Waals surface area contributed by atoms with Gasteiger partial charge in [0, 0.05) is 4.75 Å². The van der Waals surface area contributed by atoms with Gasteiger partial charge in [-0.25, -0.2) is 0 Å². The molecule has 0 aromatic carbocycles. The summed E-state index contributed by atoms with van der Waals surface area (Å²) in [6.45, 7) is 0. The molecule has 2 bridgehead atoms. The van der Waals surface area contributed by atoms with E-state index < -0.39 is 5.62 Å². The van der Waals surface area contributed by atoms with E-state index in [-0.39, 0.29) is 4.75 Å². The van der Waals surface area contributed by atoms with Crippen molar-refractivity contribution in [3.05, 3.63) is 0 Å². The molecule has 5 heteroatoms. The summed E-state index contributed by atoms with van der Waals surface area (Å²) < 4.78 is 0.281. The highest BCUT2D eigenvalue weighted by Gasteiger charge is 2.47. The highest BCUT2D eigenvalue weighted by atomic mass is 32.9. The van der Waals surface area contributed by atoms with Crippen molar-refractivity contribution in [2.24, 2.45) is 11.4 Å². The molecule has 0 saturated heterocycles. The Bertz CT molecular complexity index is 232. The largest absolute Gasteiger partial charge is 0.346 e. The SMILES string of the molecule is NP(O)(=S)SC12CCC(CC1)C2. The van der Waals surface area contributed by atoms with Gasteiger partial charge in [0.1, 0.15) is 0 Å². The molecule has 2 aliphatic rings. The maximum Gasteiger partial charge on any atom is 0.181 e. The van der Waals surface area contributed by atoms with Gasteiger partial charge in [0.05, 0.1) is 0 Å². The Morgan fingerprint density at radius 3 is 2.42 bits per heavy atom. The van der Waals surface area contributed by atoms with E-state index in [0.717, 1.165) is 5.92 Å². The van der Waals surface area contributed by atoms with Crippen LogP contribution < -0.4 is 5.50 Å². The topological polar surface area (TPSA) is 46.2 Å². The lowest BCUT2D eigenvalue weighted by molar-refractivity contribution is 0.500. The highest BCUT2D eigenvalue weighted by molar-refractivity contribution is 8.68. The lowest BCUT2D eigenvalue weighted by Crippen LogP contribution is -2.17. The van der Waals surface area contributed by atoms with Gasteiger partial charge in [0.25, 0.3) is 0 Å². The van der Waals surface area contributed by atoms with Crippen LogP contribution in [0.1, 0.15) is 32.1 Å². The second kappa shape index (κ2) is 2.96. The lowest BCUT2D eigenvalue weighted by Gasteiger charge is -2.27. The molecule has 2 rings (SSSR count). The summed E-state index contributed by atoms with van der Waals surface area (Å²) >= 11 is 6.40. The summed E-state index contributed by atoms with van der Waals surface area (Å²) in [4.78, 5) is 9.46. The third kappa shape index (κ3) is 1.88. The van der Waals surface area contributed by atoms with Crippen LogP contribution in [0.3, 0.4) is 0 Å². The average Bonchev–Trinajstić information content (AvgIpc) is 2.40. The molecule has 0 aromatic heterocycles.